The predicted molar refractivity (Wildman–Crippen MR) is 65.9 cm³/mol. The maximum absolute atomic E-state index is 12.0. The topological polar surface area (TPSA) is 61.4 Å². The number of hydrogen-bond acceptors (Lipinski definition) is 3. The van der Waals surface area contributed by atoms with E-state index in [0.717, 1.165) is 30.6 Å². The lowest BCUT2D eigenvalue weighted by molar-refractivity contribution is 0.0921. The average Bonchev–Trinajstić information content (AvgIpc) is 2.37. The van der Waals surface area contributed by atoms with Gasteiger partial charge in [0.2, 0.25) is 0 Å². The number of aliphatic hydroxyl groups excluding tert-OH is 1. The van der Waals surface area contributed by atoms with E-state index in [1.165, 1.54) is 5.56 Å². The van der Waals surface area contributed by atoms with E-state index in [1.54, 1.807) is 6.92 Å². The smallest absolute Gasteiger partial charge is 0.251 e. The molecule has 0 radical (unpaired) electrons. The van der Waals surface area contributed by atoms with E-state index in [0.29, 0.717) is 0 Å². The Kier molecular flexibility index (Phi) is 3.76. The number of fused-ring (bicyclic) bond motifs is 1. The zero-order valence-corrected chi connectivity index (χ0v) is 9.99. The van der Waals surface area contributed by atoms with Crippen molar-refractivity contribution in [1.29, 1.82) is 0 Å². The van der Waals surface area contributed by atoms with Crippen LogP contribution >= 0.6 is 0 Å². The average molecular weight is 234 g/mol. The SMILES string of the molecule is CC(CO)NC(=O)c1cccc2c1CCNC2. The summed E-state index contributed by atoms with van der Waals surface area (Å²) in [5, 5.41) is 15.0. The van der Waals surface area contributed by atoms with Crippen LogP contribution in [0.3, 0.4) is 0 Å². The van der Waals surface area contributed by atoms with Crippen molar-refractivity contribution in [3.8, 4) is 0 Å². The summed E-state index contributed by atoms with van der Waals surface area (Å²) in [4.78, 5) is 12.0. The molecule has 0 saturated carbocycles. The molecule has 0 fully saturated rings. The molecule has 1 unspecified atom stereocenters. The van der Waals surface area contributed by atoms with Gasteiger partial charge in [-0.25, -0.2) is 0 Å². The van der Waals surface area contributed by atoms with Gasteiger partial charge in [0.05, 0.1) is 6.61 Å². The van der Waals surface area contributed by atoms with Crippen LogP contribution in [0.4, 0.5) is 0 Å². The summed E-state index contributed by atoms with van der Waals surface area (Å²) in [7, 11) is 0. The van der Waals surface area contributed by atoms with Crippen molar-refractivity contribution < 1.29 is 9.90 Å². The monoisotopic (exact) mass is 234 g/mol. The fourth-order valence-corrected chi connectivity index (χ4v) is 2.09. The summed E-state index contributed by atoms with van der Waals surface area (Å²) < 4.78 is 0. The normalized spacial score (nSPS) is 16.1. The zero-order chi connectivity index (χ0) is 12.3. The molecule has 1 aliphatic rings. The molecule has 0 bridgehead atoms. The van der Waals surface area contributed by atoms with E-state index in [4.69, 9.17) is 5.11 Å². The molecular weight excluding hydrogens is 216 g/mol. The van der Waals surface area contributed by atoms with Gasteiger partial charge in [0, 0.05) is 18.2 Å². The Morgan fingerprint density at radius 3 is 3.18 bits per heavy atom. The number of rotatable bonds is 3. The number of carbonyl (C=O) groups is 1. The molecule has 0 aromatic heterocycles. The van der Waals surface area contributed by atoms with Crippen LogP contribution in [0.15, 0.2) is 18.2 Å². The second-order valence-corrected chi connectivity index (χ2v) is 4.43. The maximum atomic E-state index is 12.0. The van der Waals surface area contributed by atoms with Crippen molar-refractivity contribution in [2.75, 3.05) is 13.2 Å². The van der Waals surface area contributed by atoms with Crippen LogP contribution in [-0.2, 0) is 13.0 Å². The zero-order valence-electron chi connectivity index (χ0n) is 9.99. The van der Waals surface area contributed by atoms with Gasteiger partial charge in [0.25, 0.3) is 5.91 Å². The summed E-state index contributed by atoms with van der Waals surface area (Å²) >= 11 is 0. The third kappa shape index (κ3) is 2.65. The van der Waals surface area contributed by atoms with Crippen molar-refractivity contribution in [2.45, 2.75) is 25.9 Å². The number of nitrogens with one attached hydrogen (secondary N) is 2. The van der Waals surface area contributed by atoms with E-state index in [-0.39, 0.29) is 18.6 Å². The van der Waals surface area contributed by atoms with Gasteiger partial charge >= 0.3 is 0 Å². The first-order chi connectivity index (χ1) is 8.22. The lowest BCUT2D eigenvalue weighted by Crippen LogP contribution is -2.36. The molecule has 0 aliphatic carbocycles. The second kappa shape index (κ2) is 5.29. The highest BCUT2D eigenvalue weighted by Crippen LogP contribution is 2.18. The molecule has 0 saturated heterocycles. The Bertz CT molecular complexity index is 418. The molecule has 3 N–H and O–H groups in total. The molecule has 4 nitrogen and oxygen atoms in total. The van der Waals surface area contributed by atoms with Gasteiger partial charge in [-0.15, -0.1) is 0 Å². The van der Waals surface area contributed by atoms with Gasteiger partial charge in [-0.3, -0.25) is 4.79 Å². The van der Waals surface area contributed by atoms with Crippen LogP contribution < -0.4 is 10.6 Å². The molecule has 1 aromatic rings. The minimum Gasteiger partial charge on any atom is -0.394 e. The molecule has 17 heavy (non-hydrogen) atoms. The van der Waals surface area contributed by atoms with Crippen molar-refractivity contribution in [3.63, 3.8) is 0 Å². The van der Waals surface area contributed by atoms with E-state index >= 15 is 0 Å². The molecule has 1 aliphatic heterocycles. The van der Waals surface area contributed by atoms with Gasteiger partial charge in [-0.05, 0) is 37.1 Å². The molecule has 1 atom stereocenters. The van der Waals surface area contributed by atoms with Crippen molar-refractivity contribution in [1.82, 2.24) is 10.6 Å². The summed E-state index contributed by atoms with van der Waals surface area (Å²) in [5.41, 5.74) is 3.07. The van der Waals surface area contributed by atoms with E-state index in [1.807, 2.05) is 18.2 Å². The lowest BCUT2D eigenvalue weighted by atomic mass is 9.95. The Morgan fingerprint density at radius 2 is 2.41 bits per heavy atom. The van der Waals surface area contributed by atoms with Crippen LogP contribution in [0, 0.1) is 0 Å². The van der Waals surface area contributed by atoms with Gasteiger partial charge in [0.1, 0.15) is 0 Å². The minimum absolute atomic E-state index is 0.0394. The molecular formula is C13H18N2O2. The molecule has 0 spiro atoms. The second-order valence-electron chi connectivity index (χ2n) is 4.43. The fraction of sp³-hybridized carbons (Fsp3) is 0.462. The Hall–Kier alpha value is -1.39. The van der Waals surface area contributed by atoms with Crippen molar-refractivity contribution in [2.24, 2.45) is 0 Å². The third-order valence-electron chi connectivity index (χ3n) is 3.04. The van der Waals surface area contributed by atoms with Gasteiger partial charge < -0.3 is 15.7 Å². The summed E-state index contributed by atoms with van der Waals surface area (Å²) in [6.45, 7) is 3.48. The molecule has 1 heterocycles. The van der Waals surface area contributed by atoms with E-state index in [2.05, 4.69) is 10.6 Å². The fourth-order valence-electron chi connectivity index (χ4n) is 2.09. The number of hydrogen-bond donors (Lipinski definition) is 3. The maximum Gasteiger partial charge on any atom is 0.251 e. The molecule has 4 heteroatoms. The quantitative estimate of drug-likeness (QED) is 0.711. The molecule has 2 rings (SSSR count). The largest absolute Gasteiger partial charge is 0.394 e. The Balaban J connectivity index is 2.23. The summed E-state index contributed by atoms with van der Waals surface area (Å²) in [5.74, 6) is -0.0923. The highest BCUT2D eigenvalue weighted by atomic mass is 16.3. The lowest BCUT2D eigenvalue weighted by Gasteiger charge is -2.20. The van der Waals surface area contributed by atoms with Crippen LogP contribution in [0.2, 0.25) is 0 Å². The standard InChI is InChI=1S/C13H18N2O2/c1-9(8-16)15-13(17)12-4-2-3-10-7-14-6-5-11(10)12/h2-4,9,14,16H,5-8H2,1H3,(H,15,17). The van der Waals surface area contributed by atoms with Crippen LogP contribution in [0.25, 0.3) is 0 Å². The summed E-state index contributed by atoms with van der Waals surface area (Å²) in [6, 6.07) is 5.60. The molecule has 1 aromatic carbocycles. The first-order valence-electron chi connectivity index (χ1n) is 5.95. The van der Waals surface area contributed by atoms with E-state index < -0.39 is 0 Å². The Labute approximate surface area is 101 Å². The van der Waals surface area contributed by atoms with Crippen LogP contribution in [-0.4, -0.2) is 30.2 Å². The number of benzene rings is 1. The number of carbonyl (C=O) groups excluding carboxylic acids is 1. The predicted octanol–water partition coefficient (Wildman–Crippen LogP) is 0.443. The van der Waals surface area contributed by atoms with Gasteiger partial charge in [-0.1, -0.05) is 12.1 Å². The van der Waals surface area contributed by atoms with Gasteiger partial charge in [-0.2, -0.15) is 0 Å². The van der Waals surface area contributed by atoms with Crippen LogP contribution in [0.5, 0.6) is 0 Å². The first kappa shape index (κ1) is 12.1. The Morgan fingerprint density at radius 1 is 1.59 bits per heavy atom. The third-order valence-corrected chi connectivity index (χ3v) is 3.04. The highest BCUT2D eigenvalue weighted by molar-refractivity contribution is 5.96. The summed E-state index contributed by atoms with van der Waals surface area (Å²) in [6.07, 6.45) is 0.881. The number of amides is 1. The van der Waals surface area contributed by atoms with Crippen molar-refractivity contribution in [3.05, 3.63) is 34.9 Å². The van der Waals surface area contributed by atoms with Crippen molar-refractivity contribution >= 4 is 5.91 Å². The first-order valence-corrected chi connectivity index (χ1v) is 5.95. The molecule has 1 amide bonds. The minimum atomic E-state index is -0.208. The van der Waals surface area contributed by atoms with E-state index in [9.17, 15) is 4.79 Å². The van der Waals surface area contributed by atoms with Crippen LogP contribution in [0.1, 0.15) is 28.4 Å². The molecule has 92 valence electrons. The highest BCUT2D eigenvalue weighted by Gasteiger charge is 2.17. The number of aliphatic hydroxyl groups is 1. The van der Waals surface area contributed by atoms with Gasteiger partial charge in [0.15, 0.2) is 0 Å².